The summed E-state index contributed by atoms with van der Waals surface area (Å²) in [6, 6.07) is 6.42. The number of amides is 1. The van der Waals surface area contributed by atoms with Crippen LogP contribution in [0.4, 0.5) is 5.82 Å². The minimum atomic E-state index is 0.127. The molecule has 0 saturated heterocycles. The lowest BCUT2D eigenvalue weighted by Gasteiger charge is -2.29. The fraction of sp³-hybridized carbons (Fsp3) is 0.550. The van der Waals surface area contributed by atoms with Gasteiger partial charge in [0.25, 0.3) is 0 Å². The standard InChI is InChI=1S/C20H25ClN4O/c1-12(2)25(10-9-18(26)22-15-6-7-15)20-16-8-5-14(21)11-17(16)23-19(24-20)13-3-4-13/h5,8,11-13,15H,3-4,6-7,9-10H2,1-2H3,(H,22,26). The first-order valence-electron chi connectivity index (χ1n) is 9.54. The van der Waals surface area contributed by atoms with Gasteiger partial charge in [0.1, 0.15) is 11.6 Å². The lowest BCUT2D eigenvalue weighted by Crippen LogP contribution is -2.36. The summed E-state index contributed by atoms with van der Waals surface area (Å²) in [6.07, 6.45) is 5.00. The highest BCUT2D eigenvalue weighted by atomic mass is 35.5. The molecule has 0 unspecified atom stereocenters. The third kappa shape index (κ3) is 3.93. The molecule has 2 fully saturated rings. The maximum Gasteiger partial charge on any atom is 0.221 e. The number of nitrogens with zero attached hydrogens (tertiary/aromatic N) is 3. The number of hydrogen-bond donors (Lipinski definition) is 1. The smallest absolute Gasteiger partial charge is 0.221 e. The Bertz CT molecular complexity index is 830. The van der Waals surface area contributed by atoms with Gasteiger partial charge >= 0.3 is 0 Å². The molecule has 2 aliphatic rings. The van der Waals surface area contributed by atoms with Crippen LogP contribution < -0.4 is 10.2 Å². The molecule has 5 nitrogen and oxygen atoms in total. The third-order valence-electron chi connectivity index (χ3n) is 5.02. The molecule has 4 rings (SSSR count). The monoisotopic (exact) mass is 372 g/mol. The van der Waals surface area contributed by atoms with Crippen LogP contribution in [0.15, 0.2) is 18.2 Å². The number of anilines is 1. The van der Waals surface area contributed by atoms with Crippen LogP contribution in [0.5, 0.6) is 0 Å². The Kier molecular flexibility index (Phi) is 4.74. The molecule has 1 N–H and O–H groups in total. The van der Waals surface area contributed by atoms with Gasteiger partial charge in [-0.2, -0.15) is 0 Å². The van der Waals surface area contributed by atoms with Gasteiger partial charge in [-0.25, -0.2) is 9.97 Å². The quantitative estimate of drug-likeness (QED) is 0.796. The number of hydrogen-bond acceptors (Lipinski definition) is 4. The van der Waals surface area contributed by atoms with Crippen molar-refractivity contribution in [3.8, 4) is 0 Å². The second-order valence-electron chi connectivity index (χ2n) is 7.72. The number of aromatic nitrogens is 2. The average molecular weight is 373 g/mol. The second kappa shape index (κ2) is 7.03. The van der Waals surface area contributed by atoms with Crippen LogP contribution in [-0.2, 0) is 4.79 Å². The maximum atomic E-state index is 12.2. The Balaban J connectivity index is 1.65. The van der Waals surface area contributed by atoms with Crippen molar-refractivity contribution in [2.75, 3.05) is 11.4 Å². The third-order valence-corrected chi connectivity index (χ3v) is 5.25. The van der Waals surface area contributed by atoms with Gasteiger partial charge in [-0.1, -0.05) is 11.6 Å². The molecule has 0 aliphatic heterocycles. The van der Waals surface area contributed by atoms with Crippen molar-refractivity contribution in [3.05, 3.63) is 29.0 Å². The predicted molar refractivity (Wildman–Crippen MR) is 105 cm³/mol. The summed E-state index contributed by atoms with van der Waals surface area (Å²) >= 11 is 6.19. The van der Waals surface area contributed by atoms with E-state index in [4.69, 9.17) is 21.6 Å². The highest BCUT2D eigenvalue weighted by Gasteiger charge is 2.29. The van der Waals surface area contributed by atoms with Crippen LogP contribution in [0.3, 0.4) is 0 Å². The van der Waals surface area contributed by atoms with Gasteiger partial charge in [-0.3, -0.25) is 4.79 Å². The van der Waals surface area contributed by atoms with Gasteiger partial charge in [0, 0.05) is 41.4 Å². The zero-order valence-corrected chi connectivity index (χ0v) is 16.1. The maximum absolute atomic E-state index is 12.2. The molecule has 0 atom stereocenters. The van der Waals surface area contributed by atoms with Crippen LogP contribution in [0.1, 0.15) is 57.7 Å². The summed E-state index contributed by atoms with van der Waals surface area (Å²) in [5.41, 5.74) is 0.887. The molecule has 6 heteroatoms. The first-order chi connectivity index (χ1) is 12.5. The molecule has 1 aromatic carbocycles. The molecule has 1 aromatic heterocycles. The van der Waals surface area contributed by atoms with Crippen molar-refractivity contribution in [2.24, 2.45) is 0 Å². The van der Waals surface area contributed by atoms with E-state index in [-0.39, 0.29) is 11.9 Å². The molecule has 1 heterocycles. The number of nitrogens with one attached hydrogen (secondary N) is 1. The number of halogens is 1. The van der Waals surface area contributed by atoms with E-state index in [1.807, 2.05) is 18.2 Å². The van der Waals surface area contributed by atoms with Gasteiger partial charge in [-0.05, 0) is 57.7 Å². The van der Waals surface area contributed by atoms with E-state index in [2.05, 4.69) is 24.1 Å². The van der Waals surface area contributed by atoms with E-state index >= 15 is 0 Å². The van der Waals surface area contributed by atoms with Crippen molar-refractivity contribution in [1.29, 1.82) is 0 Å². The van der Waals surface area contributed by atoms with Crippen LogP contribution >= 0.6 is 11.6 Å². The number of carbonyl (C=O) groups is 1. The summed E-state index contributed by atoms with van der Waals surface area (Å²) in [5, 5.41) is 4.75. The highest BCUT2D eigenvalue weighted by Crippen LogP contribution is 2.40. The number of fused-ring (bicyclic) bond motifs is 1. The highest BCUT2D eigenvalue weighted by molar-refractivity contribution is 6.31. The Labute approximate surface area is 159 Å². The van der Waals surface area contributed by atoms with E-state index < -0.39 is 0 Å². The predicted octanol–water partition coefficient (Wildman–Crippen LogP) is 4.04. The molecular weight excluding hydrogens is 348 g/mol. The molecule has 1 amide bonds. The summed E-state index contributed by atoms with van der Waals surface area (Å²) in [6.45, 7) is 4.92. The van der Waals surface area contributed by atoms with Crippen LogP contribution in [0, 0.1) is 0 Å². The molecule has 26 heavy (non-hydrogen) atoms. The van der Waals surface area contributed by atoms with Gasteiger partial charge in [0.15, 0.2) is 0 Å². The Morgan fingerprint density at radius 1 is 1.27 bits per heavy atom. The first kappa shape index (κ1) is 17.5. The fourth-order valence-corrected chi connectivity index (χ4v) is 3.37. The SMILES string of the molecule is CC(C)N(CCC(=O)NC1CC1)c1nc(C2CC2)nc2cc(Cl)ccc12. The summed E-state index contributed by atoms with van der Waals surface area (Å²) in [5.74, 6) is 2.41. The van der Waals surface area contributed by atoms with Crippen LogP contribution in [0.25, 0.3) is 10.9 Å². The number of carbonyl (C=O) groups excluding carboxylic acids is 1. The lowest BCUT2D eigenvalue weighted by molar-refractivity contribution is -0.121. The van der Waals surface area contributed by atoms with Gasteiger partial charge in [-0.15, -0.1) is 0 Å². The molecule has 2 aliphatic carbocycles. The minimum absolute atomic E-state index is 0.127. The largest absolute Gasteiger partial charge is 0.353 e. The molecule has 2 aromatic rings. The van der Waals surface area contributed by atoms with Gasteiger partial charge in [0.05, 0.1) is 5.52 Å². The topological polar surface area (TPSA) is 58.1 Å². The molecule has 138 valence electrons. The Morgan fingerprint density at radius 2 is 2.04 bits per heavy atom. The normalized spacial score (nSPS) is 16.9. The minimum Gasteiger partial charge on any atom is -0.353 e. The molecule has 2 saturated carbocycles. The first-order valence-corrected chi connectivity index (χ1v) is 9.92. The number of benzene rings is 1. The zero-order valence-electron chi connectivity index (χ0n) is 15.3. The summed E-state index contributed by atoms with van der Waals surface area (Å²) in [4.78, 5) is 24.0. The summed E-state index contributed by atoms with van der Waals surface area (Å²) in [7, 11) is 0. The van der Waals surface area contributed by atoms with Gasteiger partial charge < -0.3 is 10.2 Å². The molecule has 0 radical (unpaired) electrons. The molecule has 0 spiro atoms. The lowest BCUT2D eigenvalue weighted by atomic mass is 10.1. The van der Waals surface area contributed by atoms with Crippen molar-refractivity contribution < 1.29 is 4.79 Å². The van der Waals surface area contributed by atoms with E-state index in [1.54, 1.807) is 0 Å². The fourth-order valence-electron chi connectivity index (χ4n) is 3.20. The van der Waals surface area contributed by atoms with E-state index in [0.29, 0.717) is 29.9 Å². The Hall–Kier alpha value is -1.88. The van der Waals surface area contributed by atoms with E-state index in [1.165, 1.54) is 0 Å². The van der Waals surface area contributed by atoms with Crippen molar-refractivity contribution in [1.82, 2.24) is 15.3 Å². The second-order valence-corrected chi connectivity index (χ2v) is 8.16. The van der Waals surface area contributed by atoms with Crippen molar-refractivity contribution >= 4 is 34.2 Å². The molecule has 0 bridgehead atoms. The van der Waals surface area contributed by atoms with Crippen LogP contribution in [0.2, 0.25) is 5.02 Å². The van der Waals surface area contributed by atoms with E-state index in [0.717, 1.165) is 48.2 Å². The summed E-state index contributed by atoms with van der Waals surface area (Å²) < 4.78 is 0. The van der Waals surface area contributed by atoms with Crippen molar-refractivity contribution in [2.45, 2.75) is 64.0 Å². The zero-order chi connectivity index (χ0) is 18.3. The number of rotatable bonds is 7. The average Bonchev–Trinajstić information content (AvgIpc) is 3.48. The van der Waals surface area contributed by atoms with Crippen LogP contribution in [-0.4, -0.2) is 34.5 Å². The molecular formula is C20H25ClN4O. The Morgan fingerprint density at radius 3 is 2.69 bits per heavy atom. The van der Waals surface area contributed by atoms with Gasteiger partial charge in [0.2, 0.25) is 5.91 Å². The van der Waals surface area contributed by atoms with E-state index in [9.17, 15) is 4.79 Å². The van der Waals surface area contributed by atoms with Crippen molar-refractivity contribution in [3.63, 3.8) is 0 Å².